The maximum absolute atomic E-state index is 12.3. The SMILES string of the molecule is CCN(CC)c1ccc(Nc2ccc(C(=O)Nc3ccc(C)cc3)nc2)cc1. The van der Waals surface area contributed by atoms with Gasteiger partial charge in [0.25, 0.3) is 5.91 Å². The Hall–Kier alpha value is -3.34. The van der Waals surface area contributed by atoms with Crippen LogP contribution < -0.4 is 15.5 Å². The first-order valence-corrected chi connectivity index (χ1v) is 9.55. The number of pyridine rings is 1. The largest absolute Gasteiger partial charge is 0.372 e. The zero-order valence-electron chi connectivity index (χ0n) is 16.6. The highest BCUT2D eigenvalue weighted by Crippen LogP contribution is 2.21. The van der Waals surface area contributed by atoms with Crippen molar-refractivity contribution in [3.63, 3.8) is 0 Å². The molecular weight excluding hydrogens is 348 g/mol. The van der Waals surface area contributed by atoms with Crippen molar-refractivity contribution in [2.24, 2.45) is 0 Å². The van der Waals surface area contributed by atoms with E-state index in [0.29, 0.717) is 5.69 Å². The van der Waals surface area contributed by atoms with E-state index >= 15 is 0 Å². The number of nitrogens with one attached hydrogen (secondary N) is 2. The molecule has 3 aromatic rings. The summed E-state index contributed by atoms with van der Waals surface area (Å²) in [4.78, 5) is 18.9. The first-order chi connectivity index (χ1) is 13.6. The molecule has 28 heavy (non-hydrogen) atoms. The number of hydrogen-bond acceptors (Lipinski definition) is 4. The van der Waals surface area contributed by atoms with Gasteiger partial charge in [0.1, 0.15) is 5.69 Å². The smallest absolute Gasteiger partial charge is 0.274 e. The molecule has 2 aromatic carbocycles. The number of benzene rings is 2. The average Bonchev–Trinajstić information content (AvgIpc) is 2.72. The van der Waals surface area contributed by atoms with Crippen LogP contribution in [0.5, 0.6) is 0 Å². The third-order valence-corrected chi connectivity index (χ3v) is 4.59. The summed E-state index contributed by atoms with van der Waals surface area (Å²) in [6.07, 6.45) is 1.67. The van der Waals surface area contributed by atoms with Crippen molar-refractivity contribution in [2.45, 2.75) is 20.8 Å². The van der Waals surface area contributed by atoms with E-state index in [4.69, 9.17) is 0 Å². The fraction of sp³-hybridized carbons (Fsp3) is 0.217. The van der Waals surface area contributed by atoms with Gasteiger partial charge in [-0.15, -0.1) is 0 Å². The third-order valence-electron chi connectivity index (χ3n) is 4.59. The van der Waals surface area contributed by atoms with Crippen LogP contribution in [0.3, 0.4) is 0 Å². The van der Waals surface area contributed by atoms with E-state index in [1.807, 2.05) is 49.4 Å². The molecule has 0 aliphatic heterocycles. The van der Waals surface area contributed by atoms with Crippen LogP contribution in [0.15, 0.2) is 66.9 Å². The molecule has 0 saturated heterocycles. The molecule has 0 spiro atoms. The van der Waals surface area contributed by atoms with Crippen molar-refractivity contribution in [1.29, 1.82) is 0 Å². The van der Waals surface area contributed by atoms with Gasteiger partial charge in [-0.2, -0.15) is 0 Å². The summed E-state index contributed by atoms with van der Waals surface area (Å²) in [7, 11) is 0. The molecule has 1 aromatic heterocycles. The molecule has 144 valence electrons. The number of hydrogen-bond donors (Lipinski definition) is 2. The summed E-state index contributed by atoms with van der Waals surface area (Å²) in [6.45, 7) is 8.28. The Kier molecular flexibility index (Phi) is 6.27. The van der Waals surface area contributed by atoms with Crippen LogP contribution in [0, 0.1) is 6.92 Å². The Bertz CT molecular complexity index is 899. The lowest BCUT2D eigenvalue weighted by molar-refractivity contribution is 0.102. The predicted molar refractivity (Wildman–Crippen MR) is 117 cm³/mol. The van der Waals surface area contributed by atoms with E-state index in [1.54, 1.807) is 12.3 Å². The summed E-state index contributed by atoms with van der Waals surface area (Å²) in [5, 5.41) is 6.17. The lowest BCUT2D eigenvalue weighted by atomic mass is 10.2. The molecule has 0 aliphatic rings. The fourth-order valence-electron chi connectivity index (χ4n) is 2.95. The summed E-state index contributed by atoms with van der Waals surface area (Å²) in [5.41, 5.74) is 5.31. The second-order valence-corrected chi connectivity index (χ2v) is 6.60. The second-order valence-electron chi connectivity index (χ2n) is 6.60. The molecule has 0 fully saturated rings. The number of rotatable bonds is 7. The quantitative estimate of drug-likeness (QED) is 0.594. The minimum absolute atomic E-state index is 0.223. The first-order valence-electron chi connectivity index (χ1n) is 9.55. The average molecular weight is 374 g/mol. The first kappa shape index (κ1) is 19.4. The van der Waals surface area contributed by atoms with Crippen LogP contribution in [0.2, 0.25) is 0 Å². The zero-order chi connectivity index (χ0) is 19.9. The maximum atomic E-state index is 12.3. The van der Waals surface area contributed by atoms with Gasteiger partial charge in [-0.3, -0.25) is 4.79 Å². The van der Waals surface area contributed by atoms with Crippen LogP contribution in [0.25, 0.3) is 0 Å². The number of nitrogens with zero attached hydrogens (tertiary/aromatic N) is 2. The van der Waals surface area contributed by atoms with E-state index in [1.165, 1.54) is 5.69 Å². The van der Waals surface area contributed by atoms with Crippen LogP contribution in [-0.4, -0.2) is 24.0 Å². The molecule has 0 saturated carbocycles. The van der Waals surface area contributed by atoms with Gasteiger partial charge in [0.05, 0.1) is 11.9 Å². The van der Waals surface area contributed by atoms with E-state index < -0.39 is 0 Å². The predicted octanol–water partition coefficient (Wildman–Crippen LogP) is 5.23. The number of aromatic nitrogens is 1. The van der Waals surface area contributed by atoms with Crippen molar-refractivity contribution >= 4 is 28.7 Å². The van der Waals surface area contributed by atoms with Gasteiger partial charge in [-0.05, 0) is 69.3 Å². The topological polar surface area (TPSA) is 57.3 Å². The number of aryl methyl sites for hydroxylation is 1. The molecule has 5 heteroatoms. The van der Waals surface area contributed by atoms with Crippen LogP contribution >= 0.6 is 0 Å². The van der Waals surface area contributed by atoms with E-state index in [2.05, 4.69) is 46.5 Å². The molecule has 0 radical (unpaired) electrons. The molecule has 0 atom stereocenters. The highest BCUT2D eigenvalue weighted by Gasteiger charge is 2.08. The monoisotopic (exact) mass is 374 g/mol. The molecule has 0 aliphatic carbocycles. The molecule has 3 rings (SSSR count). The summed E-state index contributed by atoms with van der Waals surface area (Å²) >= 11 is 0. The van der Waals surface area contributed by atoms with E-state index in [0.717, 1.165) is 35.7 Å². The summed E-state index contributed by atoms with van der Waals surface area (Å²) < 4.78 is 0. The van der Waals surface area contributed by atoms with Crippen LogP contribution in [0.4, 0.5) is 22.7 Å². The molecule has 5 nitrogen and oxygen atoms in total. The lowest BCUT2D eigenvalue weighted by Gasteiger charge is -2.21. The van der Waals surface area contributed by atoms with Gasteiger partial charge in [0.15, 0.2) is 0 Å². The number of amides is 1. The van der Waals surface area contributed by atoms with Gasteiger partial charge < -0.3 is 15.5 Å². The Balaban J connectivity index is 1.62. The van der Waals surface area contributed by atoms with Gasteiger partial charge in [-0.1, -0.05) is 17.7 Å². The Morgan fingerprint density at radius 1 is 0.857 bits per heavy atom. The van der Waals surface area contributed by atoms with Gasteiger partial charge in [-0.25, -0.2) is 4.98 Å². The van der Waals surface area contributed by atoms with Gasteiger partial charge >= 0.3 is 0 Å². The second kappa shape index (κ2) is 9.04. The molecule has 1 amide bonds. The fourth-order valence-corrected chi connectivity index (χ4v) is 2.95. The van der Waals surface area contributed by atoms with E-state index in [9.17, 15) is 4.79 Å². The van der Waals surface area contributed by atoms with Gasteiger partial charge in [0, 0.05) is 30.2 Å². The minimum Gasteiger partial charge on any atom is -0.372 e. The molecule has 1 heterocycles. The Morgan fingerprint density at radius 2 is 1.46 bits per heavy atom. The van der Waals surface area contributed by atoms with Crippen molar-refractivity contribution in [3.8, 4) is 0 Å². The Labute approximate surface area is 166 Å². The summed E-state index contributed by atoms with van der Waals surface area (Å²) in [5.74, 6) is -0.223. The van der Waals surface area contributed by atoms with Crippen molar-refractivity contribution in [3.05, 3.63) is 78.1 Å². The zero-order valence-corrected chi connectivity index (χ0v) is 16.6. The molecule has 0 unspecified atom stereocenters. The number of anilines is 4. The third kappa shape index (κ3) is 4.88. The minimum atomic E-state index is -0.223. The highest BCUT2D eigenvalue weighted by molar-refractivity contribution is 6.02. The maximum Gasteiger partial charge on any atom is 0.274 e. The normalized spacial score (nSPS) is 10.4. The highest BCUT2D eigenvalue weighted by atomic mass is 16.1. The summed E-state index contributed by atoms with van der Waals surface area (Å²) in [6, 6.07) is 19.6. The number of carbonyl (C=O) groups excluding carboxylic acids is 1. The molecule has 0 bridgehead atoms. The number of carbonyl (C=O) groups is 1. The van der Waals surface area contributed by atoms with Gasteiger partial charge in [0.2, 0.25) is 0 Å². The van der Waals surface area contributed by atoms with Crippen molar-refractivity contribution in [2.75, 3.05) is 28.6 Å². The lowest BCUT2D eigenvalue weighted by Crippen LogP contribution is -2.21. The van der Waals surface area contributed by atoms with Crippen LogP contribution in [0.1, 0.15) is 29.9 Å². The van der Waals surface area contributed by atoms with E-state index in [-0.39, 0.29) is 5.91 Å². The molecule has 2 N–H and O–H groups in total. The van der Waals surface area contributed by atoms with Crippen LogP contribution in [-0.2, 0) is 0 Å². The molecular formula is C23H26N4O. The Morgan fingerprint density at radius 3 is 2.04 bits per heavy atom. The van der Waals surface area contributed by atoms with Crippen molar-refractivity contribution in [1.82, 2.24) is 4.98 Å². The van der Waals surface area contributed by atoms with Crippen molar-refractivity contribution < 1.29 is 4.79 Å². The standard InChI is InChI=1S/C23H26N4O/c1-4-27(5-2)21-13-10-18(11-14-21)25-20-12-15-22(24-16-20)23(28)26-19-8-6-17(3)7-9-19/h6-16,25H,4-5H2,1-3H3,(H,26,28).